The Balaban J connectivity index is 1.75. The maximum absolute atomic E-state index is 13.2. The molecule has 0 radical (unpaired) electrons. The summed E-state index contributed by atoms with van der Waals surface area (Å²) in [5.74, 6) is 1.80. The minimum atomic E-state index is 0.115. The second-order valence-corrected chi connectivity index (χ2v) is 8.20. The van der Waals surface area contributed by atoms with Crippen LogP contribution in [0.3, 0.4) is 0 Å². The van der Waals surface area contributed by atoms with E-state index in [0.717, 1.165) is 31.4 Å². The number of nitrogens with zero attached hydrogens (tertiary/aromatic N) is 1. The summed E-state index contributed by atoms with van der Waals surface area (Å²) in [5, 5.41) is 0. The fourth-order valence-electron chi connectivity index (χ4n) is 5.28. The van der Waals surface area contributed by atoms with Crippen molar-refractivity contribution in [2.24, 2.45) is 5.41 Å². The van der Waals surface area contributed by atoms with Gasteiger partial charge in [0.15, 0.2) is 11.5 Å². The Morgan fingerprint density at radius 1 is 1.07 bits per heavy atom. The van der Waals surface area contributed by atoms with Crippen molar-refractivity contribution in [3.05, 3.63) is 17.7 Å². The zero-order chi connectivity index (χ0) is 21.0. The van der Waals surface area contributed by atoms with Gasteiger partial charge in [0.2, 0.25) is 11.7 Å². The SMILES string of the molecule is CCOC1CC(N(C)C(=O)Cc2cc(OC)c(OC)c(OC)c2)C12CCCCC2. The zero-order valence-corrected chi connectivity index (χ0v) is 18.5. The molecule has 0 bridgehead atoms. The Morgan fingerprint density at radius 2 is 1.69 bits per heavy atom. The first-order valence-corrected chi connectivity index (χ1v) is 10.7. The van der Waals surface area contributed by atoms with Crippen LogP contribution >= 0.6 is 0 Å². The summed E-state index contributed by atoms with van der Waals surface area (Å²) >= 11 is 0. The second-order valence-electron chi connectivity index (χ2n) is 8.20. The largest absolute Gasteiger partial charge is 0.493 e. The Hall–Kier alpha value is -1.95. The molecule has 2 saturated carbocycles. The van der Waals surface area contributed by atoms with E-state index in [0.29, 0.717) is 23.7 Å². The van der Waals surface area contributed by atoms with Crippen molar-refractivity contribution in [3.63, 3.8) is 0 Å². The van der Waals surface area contributed by atoms with E-state index in [4.69, 9.17) is 18.9 Å². The normalized spacial score (nSPS) is 22.7. The van der Waals surface area contributed by atoms with Gasteiger partial charge in [0.25, 0.3) is 0 Å². The molecule has 2 aliphatic rings. The molecule has 2 unspecified atom stereocenters. The van der Waals surface area contributed by atoms with E-state index in [9.17, 15) is 4.79 Å². The van der Waals surface area contributed by atoms with Crippen LogP contribution in [0.5, 0.6) is 17.2 Å². The standard InChI is InChI=1S/C23H35NO5/c1-6-29-20-15-19(23(20)10-8-7-9-11-23)24(2)21(25)14-16-12-17(26-3)22(28-5)18(13-16)27-4/h12-13,19-20H,6-11,14-15H2,1-5H3. The van der Waals surface area contributed by atoms with Gasteiger partial charge in [-0.3, -0.25) is 4.79 Å². The van der Waals surface area contributed by atoms with Crippen molar-refractivity contribution >= 4 is 5.91 Å². The van der Waals surface area contributed by atoms with Gasteiger partial charge in [0, 0.05) is 25.1 Å². The lowest BCUT2D eigenvalue weighted by Gasteiger charge is -2.60. The summed E-state index contributed by atoms with van der Waals surface area (Å²) in [6.07, 6.45) is 7.59. The number of ether oxygens (including phenoxy) is 4. The van der Waals surface area contributed by atoms with Gasteiger partial charge in [0.1, 0.15) is 0 Å². The van der Waals surface area contributed by atoms with E-state index in [1.54, 1.807) is 21.3 Å². The lowest BCUT2D eigenvalue weighted by Crippen LogP contribution is -2.65. The Bertz CT molecular complexity index is 688. The van der Waals surface area contributed by atoms with Crippen molar-refractivity contribution in [3.8, 4) is 17.2 Å². The van der Waals surface area contributed by atoms with Crippen LogP contribution in [0, 0.1) is 5.41 Å². The molecule has 3 rings (SSSR count). The molecule has 1 spiro atoms. The van der Waals surface area contributed by atoms with Crippen molar-refractivity contribution in [2.75, 3.05) is 35.0 Å². The molecule has 2 fully saturated rings. The molecule has 1 aromatic carbocycles. The number of carbonyl (C=O) groups excluding carboxylic acids is 1. The first-order chi connectivity index (χ1) is 14.0. The molecule has 0 aliphatic heterocycles. The highest BCUT2D eigenvalue weighted by Crippen LogP contribution is 2.55. The average Bonchev–Trinajstić information content (AvgIpc) is 2.75. The van der Waals surface area contributed by atoms with Crippen LogP contribution in [0.4, 0.5) is 0 Å². The maximum Gasteiger partial charge on any atom is 0.227 e. The quantitative estimate of drug-likeness (QED) is 0.658. The molecule has 29 heavy (non-hydrogen) atoms. The maximum atomic E-state index is 13.2. The van der Waals surface area contributed by atoms with Gasteiger partial charge < -0.3 is 23.8 Å². The third-order valence-electron chi connectivity index (χ3n) is 6.84. The van der Waals surface area contributed by atoms with Gasteiger partial charge in [-0.15, -0.1) is 0 Å². The fraction of sp³-hybridized carbons (Fsp3) is 0.696. The average molecular weight is 406 g/mol. The third kappa shape index (κ3) is 4.04. The summed E-state index contributed by atoms with van der Waals surface area (Å²) in [7, 11) is 6.70. The van der Waals surface area contributed by atoms with E-state index < -0.39 is 0 Å². The van der Waals surface area contributed by atoms with Crippen molar-refractivity contribution < 1.29 is 23.7 Å². The summed E-state index contributed by atoms with van der Waals surface area (Å²) < 4.78 is 22.3. The van der Waals surface area contributed by atoms with Gasteiger partial charge in [-0.05, 0) is 43.9 Å². The number of benzene rings is 1. The molecule has 1 amide bonds. The van der Waals surface area contributed by atoms with Crippen LogP contribution in [-0.4, -0.2) is 57.9 Å². The van der Waals surface area contributed by atoms with Gasteiger partial charge in [-0.25, -0.2) is 0 Å². The molecule has 162 valence electrons. The summed E-state index contributed by atoms with van der Waals surface area (Å²) in [6, 6.07) is 3.97. The molecule has 1 aromatic rings. The lowest BCUT2D eigenvalue weighted by atomic mass is 9.54. The van der Waals surface area contributed by atoms with Crippen molar-refractivity contribution in [1.29, 1.82) is 0 Å². The fourth-order valence-corrected chi connectivity index (χ4v) is 5.28. The van der Waals surface area contributed by atoms with E-state index in [-0.39, 0.29) is 23.5 Å². The molecule has 2 aliphatic carbocycles. The molecule has 0 saturated heterocycles. The number of carbonyl (C=O) groups is 1. The van der Waals surface area contributed by atoms with Gasteiger partial charge in [-0.2, -0.15) is 0 Å². The predicted octanol–water partition coefficient (Wildman–Crippen LogP) is 3.84. The lowest BCUT2D eigenvalue weighted by molar-refractivity contribution is -0.184. The van der Waals surface area contributed by atoms with E-state index in [1.165, 1.54) is 19.3 Å². The van der Waals surface area contributed by atoms with Crippen LogP contribution in [0.25, 0.3) is 0 Å². The molecular weight excluding hydrogens is 370 g/mol. The van der Waals surface area contributed by atoms with E-state index in [1.807, 2.05) is 24.1 Å². The molecule has 0 aromatic heterocycles. The van der Waals surface area contributed by atoms with Crippen LogP contribution < -0.4 is 14.2 Å². The Kier molecular flexibility index (Phi) is 6.93. The van der Waals surface area contributed by atoms with E-state index in [2.05, 4.69) is 6.92 Å². The van der Waals surface area contributed by atoms with Crippen LogP contribution in [0.15, 0.2) is 12.1 Å². The van der Waals surface area contributed by atoms with Crippen molar-refractivity contribution in [1.82, 2.24) is 4.90 Å². The van der Waals surface area contributed by atoms with Gasteiger partial charge >= 0.3 is 0 Å². The molecule has 0 heterocycles. The number of likely N-dealkylation sites (N-methyl/N-ethyl adjacent to an activating group) is 1. The number of rotatable bonds is 8. The van der Waals surface area contributed by atoms with Gasteiger partial charge in [-0.1, -0.05) is 19.3 Å². The molecule has 0 N–H and O–H groups in total. The predicted molar refractivity (Wildman–Crippen MR) is 112 cm³/mol. The summed E-state index contributed by atoms with van der Waals surface area (Å²) in [4.78, 5) is 15.1. The first-order valence-electron chi connectivity index (χ1n) is 10.7. The van der Waals surface area contributed by atoms with Gasteiger partial charge in [0.05, 0.1) is 33.9 Å². The second kappa shape index (κ2) is 9.24. The smallest absolute Gasteiger partial charge is 0.227 e. The zero-order valence-electron chi connectivity index (χ0n) is 18.5. The number of hydrogen-bond donors (Lipinski definition) is 0. The number of amides is 1. The Morgan fingerprint density at radius 3 is 2.21 bits per heavy atom. The minimum absolute atomic E-state index is 0.115. The highest BCUT2D eigenvalue weighted by molar-refractivity contribution is 5.79. The monoisotopic (exact) mass is 405 g/mol. The van der Waals surface area contributed by atoms with Crippen LogP contribution in [0.1, 0.15) is 51.0 Å². The van der Waals surface area contributed by atoms with Crippen LogP contribution in [0.2, 0.25) is 0 Å². The van der Waals surface area contributed by atoms with Crippen LogP contribution in [-0.2, 0) is 16.0 Å². The van der Waals surface area contributed by atoms with E-state index >= 15 is 0 Å². The highest BCUT2D eigenvalue weighted by atomic mass is 16.5. The molecule has 6 nitrogen and oxygen atoms in total. The molecule has 2 atom stereocenters. The minimum Gasteiger partial charge on any atom is -0.493 e. The Labute approximate surface area is 174 Å². The number of methoxy groups -OCH3 is 3. The number of hydrogen-bond acceptors (Lipinski definition) is 5. The molecule has 6 heteroatoms. The highest BCUT2D eigenvalue weighted by Gasteiger charge is 2.57. The third-order valence-corrected chi connectivity index (χ3v) is 6.84. The van der Waals surface area contributed by atoms with Crippen molar-refractivity contribution in [2.45, 2.75) is 64.0 Å². The molecular formula is C23H35NO5. The summed E-state index contributed by atoms with van der Waals surface area (Å²) in [5.41, 5.74) is 0.989. The summed E-state index contributed by atoms with van der Waals surface area (Å²) in [6.45, 7) is 2.80. The topological polar surface area (TPSA) is 57.2 Å². The first kappa shape index (κ1) is 21.8.